The van der Waals surface area contributed by atoms with Gasteiger partial charge >= 0.3 is 6.18 Å². The maximum absolute atomic E-state index is 13.9. The average molecular weight is 642 g/mol. The Morgan fingerprint density at radius 3 is 2.14 bits per heavy atom. The Morgan fingerprint density at radius 1 is 0.977 bits per heavy atom. The molecule has 0 radical (unpaired) electrons. The molecule has 3 aromatic rings. The molecule has 2 amide bonds. The fourth-order valence-electron chi connectivity index (χ4n) is 4.09. The fraction of sp³-hybridized carbons (Fsp3) is 0.333. The monoisotopic (exact) mass is 641 g/mol. The number of hydrogen-bond acceptors (Lipinski definition) is 4. The molecule has 0 spiro atoms. The number of carbonyl (C=O) groups excluding carboxylic acids is 2. The Morgan fingerprint density at radius 2 is 1.58 bits per heavy atom. The summed E-state index contributed by atoms with van der Waals surface area (Å²) in [5, 5.41) is 2.12. The van der Waals surface area contributed by atoms with Crippen LogP contribution in [-0.2, 0) is 32.3 Å². The summed E-state index contributed by atoms with van der Waals surface area (Å²) in [4.78, 5) is 27.8. The summed E-state index contributed by atoms with van der Waals surface area (Å²) >= 11 is 5.79. The first kappa shape index (κ1) is 33.9. The first-order valence-electron chi connectivity index (χ1n) is 13.3. The molecule has 0 aliphatic carbocycles. The van der Waals surface area contributed by atoms with E-state index < -0.39 is 62.7 Å². The number of hydrogen-bond donors (Lipinski definition) is 1. The van der Waals surface area contributed by atoms with Crippen LogP contribution in [0, 0.1) is 12.7 Å². The molecule has 0 saturated heterocycles. The van der Waals surface area contributed by atoms with Crippen molar-refractivity contribution in [1.29, 1.82) is 0 Å². The first-order valence-corrected chi connectivity index (χ1v) is 15.2. The number of alkyl halides is 3. The number of carbonyl (C=O) groups is 2. The molecule has 13 heteroatoms. The number of anilines is 1. The molecule has 3 rings (SSSR count). The highest BCUT2D eigenvalue weighted by Gasteiger charge is 2.37. The van der Waals surface area contributed by atoms with Crippen molar-refractivity contribution >= 4 is 39.1 Å². The van der Waals surface area contributed by atoms with E-state index in [4.69, 9.17) is 11.6 Å². The quantitative estimate of drug-likeness (QED) is 0.248. The van der Waals surface area contributed by atoms with Crippen LogP contribution < -0.4 is 9.62 Å². The molecule has 232 valence electrons. The Hall–Kier alpha value is -3.64. The third-order valence-corrected chi connectivity index (χ3v) is 8.98. The number of aryl methyl sites for hydroxylation is 1. The average Bonchev–Trinajstić information content (AvgIpc) is 2.95. The third kappa shape index (κ3) is 8.47. The normalized spacial score (nSPS) is 13.2. The second-order valence-corrected chi connectivity index (χ2v) is 12.4. The molecule has 0 aromatic heterocycles. The summed E-state index contributed by atoms with van der Waals surface area (Å²) < 4.78 is 83.1. The lowest BCUT2D eigenvalue weighted by molar-refractivity contribution is -0.139. The summed E-state index contributed by atoms with van der Waals surface area (Å²) in [6, 6.07) is 11.9. The van der Waals surface area contributed by atoms with Gasteiger partial charge in [0.2, 0.25) is 11.8 Å². The van der Waals surface area contributed by atoms with Gasteiger partial charge in [0, 0.05) is 12.6 Å². The summed E-state index contributed by atoms with van der Waals surface area (Å²) in [5.74, 6) is -1.93. The lowest BCUT2D eigenvalue weighted by atomic mass is 10.1. The minimum absolute atomic E-state index is 0.207. The lowest BCUT2D eigenvalue weighted by Crippen LogP contribution is -2.52. The van der Waals surface area contributed by atoms with Gasteiger partial charge in [-0.05, 0) is 75.2 Å². The highest BCUT2D eigenvalue weighted by molar-refractivity contribution is 7.92. The van der Waals surface area contributed by atoms with E-state index in [1.165, 1.54) is 55.5 Å². The van der Waals surface area contributed by atoms with E-state index >= 15 is 0 Å². The van der Waals surface area contributed by atoms with Crippen molar-refractivity contribution in [3.8, 4) is 0 Å². The van der Waals surface area contributed by atoms with Crippen LogP contribution in [0.1, 0.15) is 43.9 Å². The minimum Gasteiger partial charge on any atom is -0.352 e. The van der Waals surface area contributed by atoms with Crippen LogP contribution in [-0.4, -0.2) is 43.8 Å². The number of benzene rings is 3. The fourth-order valence-corrected chi connectivity index (χ4v) is 5.72. The first-order chi connectivity index (χ1) is 20.0. The smallest absolute Gasteiger partial charge is 0.352 e. The number of sulfonamides is 1. The predicted molar refractivity (Wildman–Crippen MR) is 156 cm³/mol. The largest absolute Gasteiger partial charge is 0.417 e. The maximum Gasteiger partial charge on any atom is 0.417 e. The van der Waals surface area contributed by atoms with Crippen molar-refractivity contribution in [3.05, 3.63) is 94.3 Å². The van der Waals surface area contributed by atoms with E-state index in [1.54, 1.807) is 13.8 Å². The number of halogens is 5. The van der Waals surface area contributed by atoms with Crippen molar-refractivity contribution in [2.75, 3.05) is 10.8 Å². The zero-order valence-electron chi connectivity index (χ0n) is 24.0. The molecule has 0 aliphatic heterocycles. The third-order valence-electron chi connectivity index (χ3n) is 6.87. The molecule has 2 atom stereocenters. The van der Waals surface area contributed by atoms with Gasteiger partial charge in [0.15, 0.2) is 0 Å². The Labute approximate surface area is 253 Å². The molecule has 0 unspecified atom stereocenters. The molecule has 0 bridgehead atoms. The second kappa shape index (κ2) is 13.8. The van der Waals surface area contributed by atoms with Crippen LogP contribution in [0.5, 0.6) is 0 Å². The number of amides is 2. The maximum atomic E-state index is 13.9. The molecular weight excluding hydrogens is 610 g/mol. The van der Waals surface area contributed by atoms with Crippen molar-refractivity contribution in [2.45, 2.75) is 63.8 Å². The molecule has 3 aromatic carbocycles. The molecule has 0 aliphatic rings. The summed E-state index contributed by atoms with van der Waals surface area (Å²) in [7, 11) is -4.60. The van der Waals surface area contributed by atoms with Gasteiger partial charge in [0.1, 0.15) is 18.4 Å². The van der Waals surface area contributed by atoms with Crippen molar-refractivity contribution in [2.24, 2.45) is 0 Å². The molecule has 43 heavy (non-hydrogen) atoms. The number of rotatable bonds is 11. The van der Waals surface area contributed by atoms with Crippen molar-refractivity contribution in [3.63, 3.8) is 0 Å². The van der Waals surface area contributed by atoms with Crippen molar-refractivity contribution in [1.82, 2.24) is 10.2 Å². The minimum atomic E-state index is -4.91. The molecule has 0 fully saturated rings. The topological polar surface area (TPSA) is 86.8 Å². The second-order valence-electron chi connectivity index (χ2n) is 10.1. The zero-order chi connectivity index (χ0) is 32.1. The van der Waals surface area contributed by atoms with Gasteiger partial charge in [-0.3, -0.25) is 13.9 Å². The highest BCUT2D eigenvalue weighted by Crippen LogP contribution is 2.38. The van der Waals surface area contributed by atoms with Crippen LogP contribution in [0.3, 0.4) is 0 Å². The van der Waals surface area contributed by atoms with Crippen LogP contribution in [0.4, 0.5) is 23.2 Å². The van der Waals surface area contributed by atoms with E-state index in [9.17, 15) is 35.6 Å². The Balaban J connectivity index is 2.11. The molecule has 7 nitrogen and oxygen atoms in total. The number of nitrogens with one attached hydrogen (secondary N) is 1. The van der Waals surface area contributed by atoms with Gasteiger partial charge in [-0.15, -0.1) is 0 Å². The standard InChI is InChI=1S/C30H32ClF4N3O4S/c1-5-20(3)36-29(40)21(4)37(17-22-8-10-23(32)11-9-22)28(39)18-38(43(41,42)25-13-6-19(2)7-14-25)24-12-15-27(31)26(16-24)30(33,34)35/h6-16,20-21H,5,17-18H2,1-4H3,(H,36,40)/t20-,21+/m0/s1. The van der Waals surface area contributed by atoms with Crippen LogP contribution >= 0.6 is 11.6 Å². The number of nitrogens with zero attached hydrogens (tertiary/aromatic N) is 2. The van der Waals surface area contributed by atoms with Crippen molar-refractivity contribution < 1.29 is 35.6 Å². The van der Waals surface area contributed by atoms with E-state index in [1.807, 2.05) is 6.92 Å². The SMILES string of the molecule is CC[C@H](C)NC(=O)[C@@H](C)N(Cc1ccc(F)cc1)C(=O)CN(c1ccc(Cl)c(C(F)(F)F)c1)S(=O)(=O)c1ccc(C)cc1. The highest BCUT2D eigenvalue weighted by atomic mass is 35.5. The van der Waals surface area contributed by atoms with E-state index in [0.717, 1.165) is 22.6 Å². The van der Waals surface area contributed by atoms with Gasteiger partial charge in [0.25, 0.3) is 10.0 Å². The van der Waals surface area contributed by atoms with Gasteiger partial charge in [-0.1, -0.05) is 48.4 Å². The molecule has 0 saturated carbocycles. The molecule has 0 heterocycles. The molecule has 1 N–H and O–H groups in total. The van der Waals surface area contributed by atoms with Gasteiger partial charge in [-0.2, -0.15) is 13.2 Å². The summed E-state index contributed by atoms with van der Waals surface area (Å²) in [5.41, 5.74) is -0.562. The van der Waals surface area contributed by atoms with E-state index in [-0.39, 0.29) is 17.5 Å². The van der Waals surface area contributed by atoms with Gasteiger partial charge in [-0.25, -0.2) is 12.8 Å². The Kier molecular flexibility index (Phi) is 10.8. The zero-order valence-corrected chi connectivity index (χ0v) is 25.5. The van der Waals surface area contributed by atoms with E-state index in [2.05, 4.69) is 5.32 Å². The Bertz CT molecular complexity index is 1550. The summed E-state index contributed by atoms with van der Waals surface area (Å²) in [6.45, 7) is 5.64. The van der Waals surface area contributed by atoms with Crippen LogP contribution in [0.2, 0.25) is 5.02 Å². The summed E-state index contributed by atoms with van der Waals surface area (Å²) in [6.07, 6.45) is -4.31. The van der Waals surface area contributed by atoms with Crippen LogP contribution in [0.25, 0.3) is 0 Å². The van der Waals surface area contributed by atoms with Gasteiger partial charge in [0.05, 0.1) is 21.2 Å². The molecular formula is C30H32ClF4N3O4S. The lowest BCUT2D eigenvalue weighted by Gasteiger charge is -2.32. The predicted octanol–water partition coefficient (Wildman–Crippen LogP) is 6.33. The van der Waals surface area contributed by atoms with Crippen LogP contribution in [0.15, 0.2) is 71.6 Å². The van der Waals surface area contributed by atoms with E-state index in [0.29, 0.717) is 22.4 Å². The van der Waals surface area contributed by atoms with Gasteiger partial charge < -0.3 is 10.2 Å².